The van der Waals surface area contributed by atoms with Crippen LogP contribution in [0.25, 0.3) is 0 Å². The van der Waals surface area contributed by atoms with Gasteiger partial charge in [0, 0.05) is 17.5 Å². The van der Waals surface area contributed by atoms with E-state index < -0.39 is 7.82 Å². The van der Waals surface area contributed by atoms with E-state index in [0.717, 1.165) is 33.4 Å². The van der Waals surface area contributed by atoms with E-state index in [9.17, 15) is 9.46 Å². The molecule has 0 bridgehead atoms. The number of phosphoric ester groups is 1. The monoisotopic (exact) mass is 440 g/mol. The molecule has 0 spiro atoms. The molecule has 0 unspecified atom stereocenters. The second-order valence-corrected chi connectivity index (χ2v) is 11.2. The average Bonchev–Trinajstić information content (AvgIpc) is 2.48. The van der Waals surface area contributed by atoms with Crippen molar-refractivity contribution >= 4 is 7.82 Å². The van der Waals surface area contributed by atoms with Gasteiger partial charge >= 0.3 is 59.2 Å². The molecule has 29 heavy (non-hydrogen) atoms. The van der Waals surface area contributed by atoms with Crippen LogP contribution in [0.3, 0.4) is 0 Å². The van der Waals surface area contributed by atoms with Crippen molar-refractivity contribution in [1.29, 1.82) is 0 Å². The number of hydrogen-bond donors (Lipinski definition) is 0. The topological polar surface area (TPSA) is 58.6 Å². The Morgan fingerprint density at radius 2 is 1.14 bits per heavy atom. The molecule has 2 aromatic carbocycles. The van der Waals surface area contributed by atoms with E-state index in [0.29, 0.717) is 17.9 Å². The van der Waals surface area contributed by atoms with Gasteiger partial charge in [-0.25, -0.2) is 4.57 Å². The molecule has 0 aromatic heterocycles. The Morgan fingerprint density at radius 1 is 0.793 bits per heavy atom. The van der Waals surface area contributed by atoms with E-state index in [1.165, 1.54) is 0 Å². The van der Waals surface area contributed by atoms with Crippen molar-refractivity contribution < 1.29 is 69.9 Å². The Balaban J connectivity index is 0.00000300. The van der Waals surface area contributed by atoms with Crippen LogP contribution in [0.4, 0.5) is 0 Å². The molecule has 0 radical (unpaired) electrons. The molecule has 0 N–H and O–H groups in total. The Labute approximate surface area is 217 Å². The largest absolute Gasteiger partial charge is 1.00 e. The summed E-state index contributed by atoms with van der Waals surface area (Å²) in [6, 6.07) is 8.02. The van der Waals surface area contributed by atoms with Gasteiger partial charge < -0.3 is 13.9 Å². The Hall–Kier alpha value is -0.134. The first-order valence-electron chi connectivity index (χ1n) is 9.66. The van der Waals surface area contributed by atoms with Gasteiger partial charge in [0.1, 0.15) is 11.5 Å². The third kappa shape index (κ3) is 5.57. The first-order chi connectivity index (χ1) is 12.7. The summed E-state index contributed by atoms with van der Waals surface area (Å²) in [6.45, 7) is 16.4. The molecule has 2 aromatic rings. The van der Waals surface area contributed by atoms with Crippen molar-refractivity contribution in [2.75, 3.05) is 0 Å². The average molecular weight is 441 g/mol. The number of phosphoric acid groups is 1. The second-order valence-electron chi connectivity index (χ2n) is 9.91. The molecule has 1 heterocycles. The number of rotatable bonds is 0. The minimum Gasteiger partial charge on any atom is -0.736 e. The SMILES string of the molecule is Cc1cc2c(c(C(C)(C)C)c1)OP(=O)([O-])Oc1c(cc(C)cc1C(C)(C)C)C2.[K+]. The zero-order chi connectivity index (χ0) is 21.1. The summed E-state index contributed by atoms with van der Waals surface area (Å²) in [5.74, 6) is 0.807. The summed E-state index contributed by atoms with van der Waals surface area (Å²) in [6.07, 6.45) is 0.556. The molecule has 1 aliphatic heterocycles. The van der Waals surface area contributed by atoms with E-state index in [4.69, 9.17) is 9.05 Å². The molecular formula is C23H30KO4P. The van der Waals surface area contributed by atoms with Gasteiger partial charge in [0.15, 0.2) is 0 Å². The van der Waals surface area contributed by atoms with Crippen LogP contribution in [-0.2, 0) is 21.8 Å². The zero-order valence-electron chi connectivity index (χ0n) is 19.1. The van der Waals surface area contributed by atoms with Crippen LogP contribution >= 0.6 is 7.82 Å². The maximum Gasteiger partial charge on any atom is 1.00 e. The van der Waals surface area contributed by atoms with E-state index in [1.54, 1.807) is 0 Å². The van der Waals surface area contributed by atoms with Gasteiger partial charge in [-0.1, -0.05) is 76.9 Å². The first kappa shape index (κ1) is 25.1. The fourth-order valence-electron chi connectivity index (χ4n) is 3.74. The number of aryl methyl sites for hydroxylation is 2. The van der Waals surface area contributed by atoms with Crippen LogP contribution in [0.5, 0.6) is 11.5 Å². The van der Waals surface area contributed by atoms with Crippen molar-refractivity contribution in [2.24, 2.45) is 0 Å². The Morgan fingerprint density at radius 3 is 1.45 bits per heavy atom. The summed E-state index contributed by atoms with van der Waals surface area (Å²) in [7, 11) is -4.60. The van der Waals surface area contributed by atoms with Crippen molar-refractivity contribution in [3.8, 4) is 11.5 Å². The first-order valence-corrected chi connectivity index (χ1v) is 11.1. The summed E-state index contributed by atoms with van der Waals surface area (Å²) >= 11 is 0. The molecule has 152 valence electrons. The summed E-state index contributed by atoms with van der Waals surface area (Å²) in [5, 5.41) is 0. The van der Waals surface area contributed by atoms with Crippen LogP contribution < -0.4 is 65.3 Å². The van der Waals surface area contributed by atoms with Crippen molar-refractivity contribution in [2.45, 2.75) is 72.6 Å². The maximum absolute atomic E-state index is 12.9. The molecule has 6 heteroatoms. The van der Waals surface area contributed by atoms with Gasteiger partial charge in [-0.05, 0) is 35.8 Å². The quantitative estimate of drug-likeness (QED) is 0.467. The van der Waals surface area contributed by atoms with E-state index in [-0.39, 0.29) is 62.2 Å². The van der Waals surface area contributed by atoms with Gasteiger partial charge in [-0.2, -0.15) is 0 Å². The summed E-state index contributed by atoms with van der Waals surface area (Å²) in [5.41, 5.74) is 5.12. The minimum absolute atomic E-state index is 0. The predicted octanol–water partition coefficient (Wildman–Crippen LogP) is 2.73. The van der Waals surface area contributed by atoms with Crippen LogP contribution in [0.15, 0.2) is 24.3 Å². The molecule has 0 amide bonds. The maximum atomic E-state index is 12.9. The van der Waals surface area contributed by atoms with Gasteiger partial charge in [0.2, 0.25) is 0 Å². The third-order valence-electron chi connectivity index (χ3n) is 5.02. The fraction of sp³-hybridized carbons (Fsp3) is 0.478. The molecule has 0 saturated carbocycles. The third-order valence-corrected chi connectivity index (χ3v) is 5.84. The van der Waals surface area contributed by atoms with E-state index in [1.807, 2.05) is 38.1 Å². The molecule has 4 nitrogen and oxygen atoms in total. The van der Waals surface area contributed by atoms with Crippen LogP contribution in [0.1, 0.15) is 74.9 Å². The minimum atomic E-state index is -4.60. The molecule has 1 aliphatic rings. The predicted molar refractivity (Wildman–Crippen MR) is 111 cm³/mol. The van der Waals surface area contributed by atoms with Gasteiger partial charge in [-0.3, -0.25) is 0 Å². The van der Waals surface area contributed by atoms with E-state index >= 15 is 0 Å². The second kappa shape index (κ2) is 8.42. The van der Waals surface area contributed by atoms with Gasteiger partial charge in [0.05, 0.1) is 0 Å². The van der Waals surface area contributed by atoms with Gasteiger partial charge in [-0.15, -0.1) is 0 Å². The van der Waals surface area contributed by atoms with E-state index in [2.05, 4.69) is 41.5 Å². The van der Waals surface area contributed by atoms with Crippen LogP contribution in [0, 0.1) is 13.8 Å². The van der Waals surface area contributed by atoms with Crippen LogP contribution in [0.2, 0.25) is 0 Å². The fourth-order valence-corrected chi connectivity index (χ4v) is 4.65. The smallest absolute Gasteiger partial charge is 0.736 e. The summed E-state index contributed by atoms with van der Waals surface area (Å²) in [4.78, 5) is 12.9. The summed E-state index contributed by atoms with van der Waals surface area (Å²) < 4.78 is 24.0. The molecular weight excluding hydrogens is 410 g/mol. The van der Waals surface area contributed by atoms with Crippen molar-refractivity contribution in [3.63, 3.8) is 0 Å². The Kier molecular flexibility index (Phi) is 7.30. The van der Waals surface area contributed by atoms with Crippen molar-refractivity contribution in [1.82, 2.24) is 0 Å². The number of fused-ring (bicyclic) bond motifs is 2. The normalized spacial score (nSPS) is 15.6. The molecule has 0 fully saturated rings. The molecule has 3 rings (SSSR count). The standard InChI is InChI=1S/C23H31O4P.K/c1-14-9-16-13-17-10-15(2)12-19(23(6,7)8)21(17)27-28(24,25)26-20(16)18(11-14)22(3,4)5;/h9-12H,13H2,1-8H3,(H,24,25);/q;+1/p-1. The van der Waals surface area contributed by atoms with Crippen LogP contribution in [-0.4, -0.2) is 0 Å². The van der Waals surface area contributed by atoms with Gasteiger partial charge in [0.25, 0.3) is 0 Å². The molecule has 0 saturated heterocycles. The number of benzene rings is 2. The Bertz CT molecular complexity index is 908. The molecule has 0 aliphatic carbocycles. The van der Waals surface area contributed by atoms with Crippen molar-refractivity contribution in [3.05, 3.63) is 57.6 Å². The molecule has 0 atom stereocenters. The zero-order valence-corrected chi connectivity index (χ0v) is 23.1. The number of hydrogen-bond acceptors (Lipinski definition) is 4.